The lowest BCUT2D eigenvalue weighted by molar-refractivity contribution is -0.112. The number of nitrogens with zero attached hydrogens (tertiary/aromatic N) is 2. The van der Waals surface area contributed by atoms with E-state index in [9.17, 15) is 10.1 Å². The number of amides is 1. The smallest absolute Gasteiger partial charge is 0.267 e. The molecule has 0 bridgehead atoms. The van der Waals surface area contributed by atoms with Gasteiger partial charge < -0.3 is 27.9 Å². The number of benzene rings is 2. The van der Waals surface area contributed by atoms with Gasteiger partial charge in [-0.1, -0.05) is 17.7 Å². The Balaban J connectivity index is 0.00000420. The van der Waals surface area contributed by atoms with E-state index >= 15 is 0 Å². The molecule has 2 N–H and O–H groups in total. The third-order valence-corrected chi connectivity index (χ3v) is 4.76. The number of carbonyl (C=O) groups excluding carboxylic acids is 1. The molecule has 0 fully saturated rings. The van der Waals surface area contributed by atoms with E-state index in [1.165, 1.54) is 6.20 Å². The van der Waals surface area contributed by atoms with Crippen molar-refractivity contribution in [3.63, 3.8) is 0 Å². The Kier molecular flexibility index (Phi) is 9.54. The van der Waals surface area contributed by atoms with Crippen LogP contribution in [0.5, 0.6) is 0 Å². The summed E-state index contributed by atoms with van der Waals surface area (Å²) in [5, 5.41) is 15.7. The molecule has 0 aliphatic heterocycles. The van der Waals surface area contributed by atoms with Crippen molar-refractivity contribution in [2.45, 2.75) is 27.7 Å². The lowest BCUT2D eigenvalue weighted by atomic mass is 10.1. The molecule has 154 valence electrons. The van der Waals surface area contributed by atoms with Crippen molar-refractivity contribution in [1.82, 2.24) is 0 Å². The summed E-state index contributed by atoms with van der Waals surface area (Å²) in [6.07, 6.45) is 1.43. The predicted molar refractivity (Wildman–Crippen MR) is 117 cm³/mol. The largest absolute Gasteiger partial charge is 1.00 e. The third kappa shape index (κ3) is 6.42. The van der Waals surface area contributed by atoms with E-state index in [-0.39, 0.29) is 18.0 Å². The molecule has 2 aromatic carbocycles. The molecule has 0 saturated heterocycles. The molecule has 0 spiro atoms. The quantitative estimate of drug-likeness (QED) is 0.521. The number of nitrogens with one attached hydrogen (secondary N) is 2. The second-order valence-corrected chi connectivity index (χ2v) is 6.84. The summed E-state index contributed by atoms with van der Waals surface area (Å²) >= 11 is 5.98. The van der Waals surface area contributed by atoms with Gasteiger partial charge in [-0.2, -0.15) is 5.26 Å². The Morgan fingerprint density at radius 3 is 2.38 bits per heavy atom. The number of hydrogen-bond acceptors (Lipinski definition) is 4. The highest BCUT2D eigenvalue weighted by atomic mass is 35.5. The lowest BCUT2D eigenvalue weighted by Crippen LogP contribution is -3.00. The van der Waals surface area contributed by atoms with Crippen molar-refractivity contribution in [2.75, 3.05) is 28.6 Å². The molecule has 2 rings (SSSR count). The minimum atomic E-state index is -0.488. The number of anilines is 3. The van der Waals surface area contributed by atoms with Crippen LogP contribution in [0.2, 0.25) is 5.02 Å². The molecule has 0 aromatic heterocycles. The standard InChI is InChI=1S/C22H25ClN4O.ClH/c1-5-27(6-2)19-9-10-20(16(4)11-19)25-14-17(13-24)22(28)26-21-12-18(23)8-7-15(21)3;/h7-12,14,25H,5-6H2,1-4H3,(H,26,28);1H/p-1/b17-14-;. The Labute approximate surface area is 183 Å². The molecule has 7 heteroatoms. The maximum absolute atomic E-state index is 12.4. The Hall–Kier alpha value is -2.68. The number of rotatable bonds is 7. The summed E-state index contributed by atoms with van der Waals surface area (Å²) in [5.41, 5.74) is 4.45. The fourth-order valence-corrected chi connectivity index (χ4v) is 2.98. The predicted octanol–water partition coefficient (Wildman–Crippen LogP) is 2.27. The molecule has 5 nitrogen and oxygen atoms in total. The lowest BCUT2D eigenvalue weighted by Gasteiger charge is -2.22. The van der Waals surface area contributed by atoms with E-state index in [1.54, 1.807) is 12.1 Å². The van der Waals surface area contributed by atoms with Crippen LogP contribution in [-0.2, 0) is 4.79 Å². The van der Waals surface area contributed by atoms with Crippen LogP contribution in [0.25, 0.3) is 0 Å². The molecule has 0 radical (unpaired) electrons. The minimum absolute atomic E-state index is 0. The second kappa shape index (κ2) is 11.4. The van der Waals surface area contributed by atoms with Crippen molar-refractivity contribution in [1.29, 1.82) is 5.26 Å². The number of aryl methyl sites for hydroxylation is 2. The highest BCUT2D eigenvalue weighted by Crippen LogP contribution is 2.23. The average Bonchev–Trinajstić information content (AvgIpc) is 2.67. The zero-order valence-electron chi connectivity index (χ0n) is 17.0. The molecule has 0 heterocycles. The van der Waals surface area contributed by atoms with Crippen LogP contribution < -0.4 is 27.9 Å². The SMILES string of the molecule is CCN(CC)c1ccc(N/C=C(/C#N)C(=O)Nc2cc(Cl)ccc2C)c(C)c1.[Cl-]. The summed E-state index contributed by atoms with van der Waals surface area (Å²) in [5.74, 6) is -0.488. The molecule has 29 heavy (non-hydrogen) atoms. The zero-order valence-corrected chi connectivity index (χ0v) is 18.5. The summed E-state index contributed by atoms with van der Waals surface area (Å²) in [4.78, 5) is 14.7. The van der Waals surface area contributed by atoms with Gasteiger partial charge in [-0.15, -0.1) is 0 Å². The van der Waals surface area contributed by atoms with Crippen molar-refractivity contribution in [2.24, 2.45) is 0 Å². The van der Waals surface area contributed by atoms with Gasteiger partial charge in [0.05, 0.1) is 0 Å². The van der Waals surface area contributed by atoms with Gasteiger partial charge in [-0.05, 0) is 69.2 Å². The van der Waals surface area contributed by atoms with E-state index in [0.717, 1.165) is 35.6 Å². The first-order valence-corrected chi connectivity index (χ1v) is 9.57. The monoisotopic (exact) mass is 431 g/mol. The fraction of sp³-hybridized carbons (Fsp3) is 0.273. The fourth-order valence-electron chi connectivity index (χ4n) is 2.81. The summed E-state index contributed by atoms with van der Waals surface area (Å²) in [7, 11) is 0. The van der Waals surface area contributed by atoms with E-state index in [2.05, 4.69) is 35.4 Å². The van der Waals surface area contributed by atoms with Gasteiger partial charge in [0.25, 0.3) is 5.91 Å². The molecule has 1 amide bonds. The number of halogens is 2. The van der Waals surface area contributed by atoms with Crippen LogP contribution in [0.4, 0.5) is 17.1 Å². The van der Waals surface area contributed by atoms with Crippen molar-refractivity contribution in [3.05, 3.63) is 64.3 Å². The first-order chi connectivity index (χ1) is 13.4. The van der Waals surface area contributed by atoms with Crippen LogP contribution in [0.3, 0.4) is 0 Å². The van der Waals surface area contributed by atoms with Gasteiger partial charge in [0.1, 0.15) is 11.6 Å². The minimum Gasteiger partial charge on any atom is -1.00 e. The van der Waals surface area contributed by atoms with Crippen LogP contribution in [0.1, 0.15) is 25.0 Å². The average molecular weight is 432 g/mol. The van der Waals surface area contributed by atoms with Gasteiger partial charge in [0.2, 0.25) is 0 Å². The van der Waals surface area contributed by atoms with Crippen LogP contribution in [-0.4, -0.2) is 19.0 Å². The van der Waals surface area contributed by atoms with Crippen LogP contribution in [0, 0.1) is 25.2 Å². The van der Waals surface area contributed by atoms with Crippen molar-refractivity contribution in [3.8, 4) is 6.07 Å². The van der Waals surface area contributed by atoms with E-state index in [4.69, 9.17) is 11.6 Å². The van der Waals surface area contributed by atoms with Crippen LogP contribution >= 0.6 is 11.6 Å². The molecule has 0 saturated carbocycles. The van der Waals surface area contributed by atoms with Gasteiger partial charge in [-0.3, -0.25) is 4.79 Å². The van der Waals surface area contributed by atoms with Gasteiger partial charge in [0, 0.05) is 41.4 Å². The Morgan fingerprint density at radius 1 is 1.10 bits per heavy atom. The normalized spacial score (nSPS) is 10.6. The van der Waals surface area contributed by atoms with E-state index < -0.39 is 5.91 Å². The Morgan fingerprint density at radius 2 is 1.79 bits per heavy atom. The zero-order chi connectivity index (χ0) is 20.7. The van der Waals surface area contributed by atoms with Gasteiger partial charge in [-0.25, -0.2) is 0 Å². The van der Waals surface area contributed by atoms with Gasteiger partial charge >= 0.3 is 0 Å². The summed E-state index contributed by atoms with van der Waals surface area (Å²) in [6.45, 7) is 9.96. The Bertz CT molecular complexity index is 931. The molecule has 0 unspecified atom stereocenters. The maximum Gasteiger partial charge on any atom is 0.267 e. The second-order valence-electron chi connectivity index (χ2n) is 6.40. The number of nitriles is 1. The number of hydrogen-bond donors (Lipinski definition) is 2. The highest BCUT2D eigenvalue weighted by Gasteiger charge is 2.12. The first kappa shape index (κ1) is 24.4. The van der Waals surface area contributed by atoms with Crippen molar-refractivity contribution >= 4 is 34.6 Å². The molecular weight excluding hydrogens is 407 g/mol. The number of carbonyl (C=O) groups is 1. The first-order valence-electron chi connectivity index (χ1n) is 9.19. The molecule has 0 atom stereocenters. The molecule has 0 aliphatic carbocycles. The highest BCUT2D eigenvalue weighted by molar-refractivity contribution is 6.31. The van der Waals surface area contributed by atoms with Gasteiger partial charge in [0.15, 0.2) is 0 Å². The van der Waals surface area contributed by atoms with E-state index in [1.807, 2.05) is 38.1 Å². The molecular formula is C22H25Cl2N4O-. The topological polar surface area (TPSA) is 68.2 Å². The van der Waals surface area contributed by atoms with Crippen LogP contribution in [0.15, 0.2) is 48.2 Å². The molecule has 0 aliphatic rings. The summed E-state index contributed by atoms with van der Waals surface area (Å²) in [6, 6.07) is 13.2. The molecule has 2 aromatic rings. The summed E-state index contributed by atoms with van der Waals surface area (Å²) < 4.78 is 0. The maximum atomic E-state index is 12.4. The van der Waals surface area contributed by atoms with E-state index in [0.29, 0.717) is 10.7 Å². The van der Waals surface area contributed by atoms with Crippen molar-refractivity contribution < 1.29 is 17.2 Å². The third-order valence-electron chi connectivity index (χ3n) is 4.52.